The predicted octanol–water partition coefficient (Wildman–Crippen LogP) is 3.90. The molecule has 1 aromatic heterocycles. The van der Waals surface area contributed by atoms with E-state index in [0.717, 1.165) is 12.0 Å². The minimum Gasteiger partial charge on any atom is -0.450 e. The first-order chi connectivity index (χ1) is 24.7. The van der Waals surface area contributed by atoms with E-state index in [2.05, 4.69) is 15.2 Å². The molecular formula is C36H47N6O8P. The number of methoxy groups -OCH3 is 1. The zero-order valence-corrected chi connectivity index (χ0v) is 30.6. The molecule has 1 N–H and O–H groups in total. The number of aromatic nitrogens is 2. The van der Waals surface area contributed by atoms with Crippen LogP contribution in [-0.4, -0.2) is 116 Å². The summed E-state index contributed by atoms with van der Waals surface area (Å²) in [7, 11) is -1.93. The Kier molecular flexibility index (Phi) is 13.2. The van der Waals surface area contributed by atoms with Crippen LogP contribution in [0.5, 0.6) is 0 Å². The number of anilines is 1. The Morgan fingerprint density at radius 1 is 0.882 bits per heavy atom. The van der Waals surface area contributed by atoms with Crippen LogP contribution < -0.4 is 15.5 Å². The van der Waals surface area contributed by atoms with E-state index in [4.69, 9.17) is 23.5 Å². The summed E-state index contributed by atoms with van der Waals surface area (Å²) < 4.78 is 35.4. The van der Waals surface area contributed by atoms with Gasteiger partial charge >= 0.3 is 13.7 Å². The van der Waals surface area contributed by atoms with Gasteiger partial charge < -0.3 is 38.5 Å². The highest BCUT2D eigenvalue weighted by atomic mass is 31.2. The molecule has 0 bridgehead atoms. The second-order valence-electron chi connectivity index (χ2n) is 12.1. The van der Waals surface area contributed by atoms with Crippen molar-refractivity contribution in [2.24, 2.45) is 0 Å². The molecule has 14 nitrogen and oxygen atoms in total. The number of carbonyl (C=O) groups excluding carboxylic acids is 3. The van der Waals surface area contributed by atoms with Crippen molar-refractivity contribution in [3.05, 3.63) is 71.9 Å². The van der Waals surface area contributed by atoms with E-state index in [0.29, 0.717) is 48.7 Å². The Labute approximate surface area is 299 Å². The normalized spacial score (nSPS) is 16.9. The quantitative estimate of drug-likeness (QED) is 0.241. The number of amides is 3. The van der Waals surface area contributed by atoms with Crippen molar-refractivity contribution >= 4 is 36.6 Å². The van der Waals surface area contributed by atoms with Gasteiger partial charge in [-0.1, -0.05) is 42.5 Å². The highest BCUT2D eigenvalue weighted by Crippen LogP contribution is 2.46. The maximum absolute atomic E-state index is 14.2. The number of hydrogen-bond acceptors (Lipinski definition) is 11. The fourth-order valence-electron chi connectivity index (χ4n) is 6.15. The molecule has 0 unspecified atom stereocenters. The summed E-state index contributed by atoms with van der Waals surface area (Å²) in [5.74, 6) is 0.0941. The van der Waals surface area contributed by atoms with E-state index in [-0.39, 0.29) is 57.0 Å². The van der Waals surface area contributed by atoms with Crippen molar-refractivity contribution in [1.82, 2.24) is 25.1 Å². The van der Waals surface area contributed by atoms with Crippen LogP contribution in [0.1, 0.15) is 43.2 Å². The van der Waals surface area contributed by atoms with E-state index >= 15 is 0 Å². The standard InChI is InChI=1S/C36H47N6O8P/c1-5-48-36(45)41-20-18-40(19-21-41)35(44)31(23-26-12-11-15-29(22-26)51(46,49-6-2)50-7-3)38-34(43)30-24-32(42-17-16-28(25-42)47-4)39-33(37-30)27-13-9-8-10-14-27/h8-15,22,24,28,31H,5-7,16-21,23,25H2,1-4H3,(H,38,43)/t28-,31-/m0/s1. The number of nitrogens with zero attached hydrogens (tertiary/aromatic N) is 5. The van der Waals surface area contributed by atoms with Crippen LogP contribution in [0.3, 0.4) is 0 Å². The third kappa shape index (κ3) is 9.50. The molecule has 5 rings (SSSR count). The summed E-state index contributed by atoms with van der Waals surface area (Å²) in [5.41, 5.74) is 1.50. The predicted molar refractivity (Wildman–Crippen MR) is 192 cm³/mol. The molecular weight excluding hydrogens is 675 g/mol. The average Bonchev–Trinajstić information content (AvgIpc) is 3.65. The number of ether oxygens (including phenoxy) is 2. The fraction of sp³-hybridized carbons (Fsp3) is 0.472. The number of carbonyl (C=O) groups is 3. The molecule has 2 fully saturated rings. The first kappa shape index (κ1) is 37.9. The molecule has 3 aromatic rings. The van der Waals surface area contributed by atoms with Gasteiger partial charge in [0.1, 0.15) is 17.6 Å². The molecule has 2 atom stereocenters. The maximum atomic E-state index is 14.2. The molecule has 2 aromatic carbocycles. The van der Waals surface area contributed by atoms with Crippen molar-refractivity contribution in [2.45, 2.75) is 45.8 Å². The number of nitrogens with one attached hydrogen (secondary N) is 1. The van der Waals surface area contributed by atoms with Gasteiger partial charge in [0.05, 0.1) is 31.2 Å². The maximum Gasteiger partial charge on any atom is 0.409 e. The monoisotopic (exact) mass is 722 g/mol. The van der Waals surface area contributed by atoms with Gasteiger partial charge in [-0.2, -0.15) is 0 Å². The molecule has 0 saturated carbocycles. The first-order valence-electron chi connectivity index (χ1n) is 17.4. The van der Waals surface area contributed by atoms with Crippen LogP contribution in [0.25, 0.3) is 11.4 Å². The summed E-state index contributed by atoms with van der Waals surface area (Å²) in [4.78, 5) is 55.4. The van der Waals surface area contributed by atoms with Gasteiger partial charge in [0.2, 0.25) is 5.91 Å². The smallest absolute Gasteiger partial charge is 0.409 e. The Hall–Kier alpha value is -4.36. The van der Waals surface area contributed by atoms with Crippen LogP contribution in [0.15, 0.2) is 60.7 Å². The minimum absolute atomic E-state index is 0.0419. The number of rotatable bonds is 14. The first-order valence-corrected chi connectivity index (χ1v) is 18.9. The summed E-state index contributed by atoms with van der Waals surface area (Å²) in [5, 5.41) is 3.32. The Bertz CT molecular complexity index is 1690. The molecule has 3 amide bonds. The number of piperazine rings is 1. The average molecular weight is 723 g/mol. The lowest BCUT2D eigenvalue weighted by molar-refractivity contribution is -0.134. The minimum atomic E-state index is -3.61. The van der Waals surface area contributed by atoms with Crippen molar-refractivity contribution in [1.29, 1.82) is 0 Å². The molecule has 2 aliphatic rings. The van der Waals surface area contributed by atoms with Crippen LogP contribution in [0, 0.1) is 0 Å². The van der Waals surface area contributed by atoms with Crippen molar-refractivity contribution in [3.8, 4) is 11.4 Å². The Balaban J connectivity index is 1.45. The van der Waals surface area contributed by atoms with Crippen LogP contribution in [0.2, 0.25) is 0 Å². The number of hydrogen-bond donors (Lipinski definition) is 1. The zero-order valence-electron chi connectivity index (χ0n) is 29.7. The number of benzene rings is 2. The molecule has 2 saturated heterocycles. The third-order valence-electron chi connectivity index (χ3n) is 8.77. The molecule has 51 heavy (non-hydrogen) atoms. The lowest BCUT2D eigenvalue weighted by Crippen LogP contribution is -2.56. The highest BCUT2D eigenvalue weighted by Gasteiger charge is 2.33. The Morgan fingerprint density at radius 3 is 2.24 bits per heavy atom. The largest absolute Gasteiger partial charge is 0.450 e. The topological polar surface area (TPSA) is 153 Å². The summed E-state index contributed by atoms with van der Waals surface area (Å²) in [6.07, 6.45) is 0.518. The molecule has 0 radical (unpaired) electrons. The van der Waals surface area contributed by atoms with E-state index in [9.17, 15) is 18.9 Å². The van der Waals surface area contributed by atoms with Gasteiger partial charge in [0, 0.05) is 64.4 Å². The summed E-state index contributed by atoms with van der Waals surface area (Å²) >= 11 is 0. The molecule has 15 heteroatoms. The van der Waals surface area contributed by atoms with Crippen LogP contribution in [0.4, 0.5) is 10.6 Å². The van der Waals surface area contributed by atoms with Crippen LogP contribution >= 0.6 is 7.60 Å². The second-order valence-corrected chi connectivity index (χ2v) is 14.2. The SMILES string of the molecule is CCOC(=O)N1CCN(C(=O)[C@H](Cc2cccc(P(=O)(OCC)OCC)c2)NC(=O)c2cc(N3CC[C@H](OC)C3)nc(-c3ccccc3)n2)CC1. The lowest BCUT2D eigenvalue weighted by Gasteiger charge is -2.36. The third-order valence-corrected chi connectivity index (χ3v) is 10.9. The fourth-order valence-corrected chi connectivity index (χ4v) is 7.80. The van der Waals surface area contributed by atoms with Gasteiger partial charge in [-0.25, -0.2) is 14.8 Å². The second kappa shape index (κ2) is 17.7. The molecule has 2 aliphatic heterocycles. The van der Waals surface area contributed by atoms with Gasteiger partial charge in [-0.3, -0.25) is 14.2 Å². The van der Waals surface area contributed by atoms with Crippen molar-refractivity contribution < 1.29 is 37.5 Å². The molecule has 274 valence electrons. The Morgan fingerprint density at radius 2 is 1.59 bits per heavy atom. The lowest BCUT2D eigenvalue weighted by atomic mass is 10.0. The summed E-state index contributed by atoms with van der Waals surface area (Å²) in [6, 6.07) is 16.9. The van der Waals surface area contributed by atoms with E-state index < -0.39 is 25.6 Å². The molecule has 3 heterocycles. The van der Waals surface area contributed by atoms with E-state index in [1.54, 1.807) is 68.0 Å². The van der Waals surface area contributed by atoms with Crippen molar-refractivity contribution in [3.63, 3.8) is 0 Å². The van der Waals surface area contributed by atoms with Gasteiger partial charge in [0.25, 0.3) is 5.91 Å². The van der Waals surface area contributed by atoms with E-state index in [1.807, 2.05) is 30.3 Å². The van der Waals surface area contributed by atoms with Gasteiger partial charge in [-0.15, -0.1) is 0 Å². The highest BCUT2D eigenvalue weighted by molar-refractivity contribution is 7.62. The molecule has 0 aliphatic carbocycles. The van der Waals surface area contributed by atoms with Gasteiger partial charge in [0.15, 0.2) is 5.82 Å². The van der Waals surface area contributed by atoms with E-state index in [1.165, 1.54) is 0 Å². The molecule has 0 spiro atoms. The summed E-state index contributed by atoms with van der Waals surface area (Å²) in [6.45, 7) is 8.28. The van der Waals surface area contributed by atoms with Crippen molar-refractivity contribution in [2.75, 3.05) is 71.1 Å². The zero-order chi connectivity index (χ0) is 36.4. The van der Waals surface area contributed by atoms with Crippen LogP contribution in [-0.2, 0) is 34.3 Å². The van der Waals surface area contributed by atoms with Gasteiger partial charge in [-0.05, 0) is 44.9 Å².